The molecule has 0 atom stereocenters. The van der Waals surface area contributed by atoms with Crippen molar-refractivity contribution in [1.82, 2.24) is 9.78 Å². The number of ether oxygens (including phenoxy) is 1. The first-order chi connectivity index (χ1) is 12.3. The van der Waals surface area contributed by atoms with Crippen molar-refractivity contribution in [2.45, 2.75) is 33.8 Å². The maximum absolute atomic E-state index is 12.3. The maximum Gasteiger partial charge on any atom is 0.323 e. The topological polar surface area (TPSA) is 68.2 Å². The second-order valence-corrected chi connectivity index (χ2v) is 6.72. The van der Waals surface area contributed by atoms with Gasteiger partial charge in [-0.2, -0.15) is 0 Å². The Morgan fingerprint density at radius 3 is 2.58 bits per heavy atom. The summed E-state index contributed by atoms with van der Waals surface area (Å²) in [6.45, 7) is 7.91. The number of nitrogens with one attached hydrogen (secondary N) is 2. The normalized spacial score (nSPS) is 11.0. The Labute approximate surface area is 153 Å². The van der Waals surface area contributed by atoms with Crippen LogP contribution in [0.3, 0.4) is 0 Å². The summed E-state index contributed by atoms with van der Waals surface area (Å²) in [5.74, 6) is 0.566. The summed E-state index contributed by atoms with van der Waals surface area (Å²) >= 11 is 0. The molecular formula is C20H24N4O2. The van der Waals surface area contributed by atoms with Gasteiger partial charge in [-0.25, -0.2) is 4.79 Å². The molecule has 0 unspecified atom stereocenters. The van der Waals surface area contributed by atoms with Crippen molar-refractivity contribution in [2.75, 3.05) is 10.6 Å². The minimum absolute atomic E-state index is 0.0255. The van der Waals surface area contributed by atoms with Crippen molar-refractivity contribution in [3.8, 4) is 5.88 Å². The molecule has 136 valence electrons. The zero-order valence-electron chi connectivity index (χ0n) is 15.8. The molecule has 0 radical (unpaired) electrons. The van der Waals surface area contributed by atoms with E-state index in [1.54, 1.807) is 4.68 Å². The molecule has 0 aliphatic heterocycles. The molecule has 2 amide bonds. The molecule has 3 aromatic rings. The number of carbonyl (C=O) groups is 1. The van der Waals surface area contributed by atoms with E-state index in [1.807, 2.05) is 71.1 Å². The molecule has 0 spiro atoms. The number of carbonyl (C=O) groups excluding carboxylic acids is 1. The molecule has 0 saturated heterocycles. The molecule has 2 aromatic carbocycles. The Hall–Kier alpha value is -3.02. The van der Waals surface area contributed by atoms with Gasteiger partial charge in [0.15, 0.2) is 0 Å². The average Bonchev–Trinajstić information content (AvgIpc) is 2.85. The summed E-state index contributed by atoms with van der Waals surface area (Å²) in [5.41, 5.74) is 4.60. The molecule has 0 saturated carbocycles. The fourth-order valence-corrected chi connectivity index (χ4v) is 2.86. The van der Waals surface area contributed by atoms with Gasteiger partial charge in [-0.15, -0.1) is 5.10 Å². The lowest BCUT2D eigenvalue weighted by Crippen LogP contribution is -2.20. The molecule has 2 N–H and O–H groups in total. The number of amides is 2. The van der Waals surface area contributed by atoms with E-state index in [4.69, 9.17) is 4.74 Å². The Kier molecular flexibility index (Phi) is 4.84. The first kappa shape index (κ1) is 17.8. The van der Waals surface area contributed by atoms with Crippen LogP contribution in [0.2, 0.25) is 0 Å². The lowest BCUT2D eigenvalue weighted by atomic mass is 10.1. The zero-order valence-corrected chi connectivity index (χ0v) is 15.8. The van der Waals surface area contributed by atoms with Gasteiger partial charge in [0.05, 0.1) is 17.0 Å². The van der Waals surface area contributed by atoms with Crippen molar-refractivity contribution in [2.24, 2.45) is 7.05 Å². The van der Waals surface area contributed by atoms with E-state index in [9.17, 15) is 4.79 Å². The fraction of sp³-hybridized carbons (Fsp3) is 0.300. The average molecular weight is 352 g/mol. The van der Waals surface area contributed by atoms with E-state index in [-0.39, 0.29) is 12.1 Å². The van der Waals surface area contributed by atoms with Gasteiger partial charge in [0, 0.05) is 18.4 Å². The molecule has 6 heteroatoms. The summed E-state index contributed by atoms with van der Waals surface area (Å²) in [6.07, 6.45) is 0.0255. The molecule has 1 aromatic heterocycles. The highest BCUT2D eigenvalue weighted by Gasteiger charge is 2.13. The zero-order chi connectivity index (χ0) is 18.8. The van der Waals surface area contributed by atoms with Crippen molar-refractivity contribution >= 4 is 28.3 Å². The second-order valence-electron chi connectivity index (χ2n) is 6.72. The van der Waals surface area contributed by atoms with Crippen LogP contribution in [0.5, 0.6) is 5.88 Å². The number of aromatic nitrogens is 2. The molecule has 1 heterocycles. The van der Waals surface area contributed by atoms with Gasteiger partial charge in [-0.3, -0.25) is 4.68 Å². The minimum Gasteiger partial charge on any atom is -0.473 e. The highest BCUT2D eigenvalue weighted by atomic mass is 16.5. The van der Waals surface area contributed by atoms with Crippen LogP contribution in [0.1, 0.15) is 25.0 Å². The molecule has 26 heavy (non-hydrogen) atoms. The predicted molar refractivity (Wildman–Crippen MR) is 105 cm³/mol. The van der Waals surface area contributed by atoms with Crippen molar-refractivity contribution < 1.29 is 9.53 Å². The first-order valence-electron chi connectivity index (χ1n) is 8.62. The van der Waals surface area contributed by atoms with Crippen LogP contribution in [-0.4, -0.2) is 21.9 Å². The van der Waals surface area contributed by atoms with E-state index < -0.39 is 0 Å². The van der Waals surface area contributed by atoms with Crippen LogP contribution >= 0.6 is 0 Å². The summed E-state index contributed by atoms with van der Waals surface area (Å²) in [7, 11) is 1.87. The Morgan fingerprint density at radius 2 is 1.88 bits per heavy atom. The van der Waals surface area contributed by atoms with Gasteiger partial charge in [0.1, 0.15) is 0 Å². The lowest BCUT2D eigenvalue weighted by Gasteiger charge is -2.11. The Bertz CT molecular complexity index is 960. The molecule has 0 aliphatic carbocycles. The van der Waals surface area contributed by atoms with Crippen LogP contribution in [0.4, 0.5) is 16.2 Å². The largest absolute Gasteiger partial charge is 0.473 e. The van der Waals surface area contributed by atoms with Crippen LogP contribution in [-0.2, 0) is 7.05 Å². The summed E-state index contributed by atoms with van der Waals surface area (Å²) < 4.78 is 7.54. The number of hydrogen-bond acceptors (Lipinski definition) is 3. The number of urea groups is 1. The molecule has 0 fully saturated rings. The lowest BCUT2D eigenvalue weighted by molar-refractivity contribution is 0.233. The van der Waals surface area contributed by atoms with E-state index >= 15 is 0 Å². The molecule has 3 rings (SSSR count). The Balaban J connectivity index is 1.80. The minimum atomic E-state index is -0.286. The highest BCUT2D eigenvalue weighted by molar-refractivity contribution is 6.01. The monoisotopic (exact) mass is 352 g/mol. The van der Waals surface area contributed by atoms with Crippen LogP contribution in [0.25, 0.3) is 10.9 Å². The Morgan fingerprint density at radius 1 is 1.12 bits per heavy atom. The van der Waals surface area contributed by atoms with Crippen molar-refractivity contribution in [1.29, 1.82) is 0 Å². The summed E-state index contributed by atoms with van der Waals surface area (Å²) in [6, 6.07) is 11.3. The van der Waals surface area contributed by atoms with Crippen molar-refractivity contribution in [3.05, 3.63) is 47.5 Å². The molecule has 0 bridgehead atoms. The fourth-order valence-electron chi connectivity index (χ4n) is 2.86. The maximum atomic E-state index is 12.3. The molecule has 0 aliphatic rings. The van der Waals surface area contributed by atoms with Gasteiger partial charge in [0.2, 0.25) is 5.88 Å². The van der Waals surface area contributed by atoms with E-state index in [2.05, 4.69) is 15.7 Å². The third-order valence-electron chi connectivity index (χ3n) is 4.05. The van der Waals surface area contributed by atoms with Crippen LogP contribution in [0, 0.1) is 13.8 Å². The number of anilines is 2. The SMILES string of the molecule is Cc1ccc(NC(=O)Nc2ccc3c(c2)c(OC(C)C)nn3C)c(C)c1. The number of rotatable bonds is 4. The quantitative estimate of drug-likeness (QED) is 0.720. The summed E-state index contributed by atoms with van der Waals surface area (Å²) in [5, 5.41) is 11.0. The van der Waals surface area contributed by atoms with Crippen LogP contribution < -0.4 is 15.4 Å². The van der Waals surface area contributed by atoms with Gasteiger partial charge >= 0.3 is 6.03 Å². The third-order valence-corrected chi connectivity index (χ3v) is 4.05. The number of fused-ring (bicyclic) bond motifs is 1. The first-order valence-corrected chi connectivity index (χ1v) is 8.62. The third kappa shape index (κ3) is 3.79. The van der Waals surface area contributed by atoms with Gasteiger partial charge in [-0.05, 0) is 57.5 Å². The number of hydrogen-bond donors (Lipinski definition) is 2. The predicted octanol–water partition coefficient (Wildman–Crippen LogP) is 4.62. The number of benzene rings is 2. The van der Waals surface area contributed by atoms with E-state index in [0.29, 0.717) is 11.6 Å². The number of aryl methyl sites for hydroxylation is 3. The highest BCUT2D eigenvalue weighted by Crippen LogP contribution is 2.28. The molecule has 6 nitrogen and oxygen atoms in total. The van der Waals surface area contributed by atoms with Crippen molar-refractivity contribution in [3.63, 3.8) is 0 Å². The molecular weight excluding hydrogens is 328 g/mol. The van der Waals surface area contributed by atoms with E-state index in [1.165, 1.54) is 0 Å². The second kappa shape index (κ2) is 7.07. The van der Waals surface area contributed by atoms with Gasteiger partial charge in [-0.1, -0.05) is 17.7 Å². The van der Waals surface area contributed by atoms with Gasteiger partial charge in [0.25, 0.3) is 0 Å². The summed E-state index contributed by atoms with van der Waals surface area (Å²) in [4.78, 5) is 12.3. The van der Waals surface area contributed by atoms with Gasteiger partial charge < -0.3 is 15.4 Å². The standard InChI is InChI=1S/C20H24N4O2/c1-12(2)26-19-16-11-15(7-9-18(16)24(5)23-19)21-20(25)22-17-8-6-13(3)10-14(17)4/h6-12H,1-5H3,(H2,21,22,25). The van der Waals surface area contributed by atoms with E-state index in [0.717, 1.165) is 27.7 Å². The number of nitrogens with zero attached hydrogens (tertiary/aromatic N) is 2. The van der Waals surface area contributed by atoms with Crippen LogP contribution in [0.15, 0.2) is 36.4 Å². The smallest absolute Gasteiger partial charge is 0.323 e.